The van der Waals surface area contributed by atoms with Crippen LogP contribution in [0.1, 0.15) is 6.42 Å². The maximum absolute atomic E-state index is 11.7. The van der Waals surface area contributed by atoms with Crippen LogP contribution in [0.3, 0.4) is 0 Å². The van der Waals surface area contributed by atoms with Crippen LogP contribution in [-0.2, 0) is 19.6 Å². The molecule has 0 atom stereocenters. The van der Waals surface area contributed by atoms with Crippen molar-refractivity contribution >= 4 is 39.2 Å². The second kappa shape index (κ2) is 8.23. The summed E-state index contributed by atoms with van der Waals surface area (Å²) in [5.74, 6) is 0.776. The van der Waals surface area contributed by atoms with Crippen molar-refractivity contribution in [3.63, 3.8) is 0 Å². The van der Waals surface area contributed by atoms with Gasteiger partial charge in [0, 0.05) is 19.4 Å². The molecule has 0 saturated carbocycles. The van der Waals surface area contributed by atoms with Gasteiger partial charge in [-0.05, 0) is 30.4 Å². The Morgan fingerprint density at radius 1 is 1.48 bits per heavy atom. The maximum Gasteiger partial charge on any atom is 0.296 e. The van der Waals surface area contributed by atoms with Gasteiger partial charge in [0.15, 0.2) is 0 Å². The Morgan fingerprint density at radius 3 is 2.81 bits per heavy atom. The van der Waals surface area contributed by atoms with E-state index in [0.29, 0.717) is 6.61 Å². The van der Waals surface area contributed by atoms with Crippen molar-refractivity contribution in [2.24, 2.45) is 0 Å². The predicted molar refractivity (Wildman–Crippen MR) is 83.1 cm³/mol. The first-order valence-corrected chi connectivity index (χ1v) is 8.67. The molecule has 0 saturated heterocycles. The van der Waals surface area contributed by atoms with Gasteiger partial charge in [-0.2, -0.15) is 20.2 Å². The van der Waals surface area contributed by atoms with E-state index in [2.05, 4.69) is 5.32 Å². The number of carbonyl (C=O) groups excluding carboxylic acids is 1. The van der Waals surface area contributed by atoms with E-state index in [1.165, 1.54) is 23.9 Å². The minimum absolute atomic E-state index is 0.0792. The third-order valence-electron chi connectivity index (χ3n) is 2.45. The van der Waals surface area contributed by atoms with Crippen molar-refractivity contribution in [1.29, 1.82) is 0 Å². The molecule has 0 aliphatic heterocycles. The van der Waals surface area contributed by atoms with Crippen molar-refractivity contribution < 1.29 is 22.5 Å². The van der Waals surface area contributed by atoms with Crippen LogP contribution in [0.25, 0.3) is 0 Å². The molecule has 0 aliphatic rings. The lowest BCUT2D eigenvalue weighted by molar-refractivity contribution is -0.113. The van der Waals surface area contributed by atoms with E-state index in [1.54, 1.807) is 7.11 Å². The summed E-state index contributed by atoms with van der Waals surface area (Å²) in [5, 5.41) is 2.55. The normalized spacial score (nSPS) is 11.3. The number of carbonyl (C=O) groups is 1. The van der Waals surface area contributed by atoms with Crippen LogP contribution >= 0.6 is 11.8 Å². The standard InChI is InChI=1S/C12H18N2O5S2/c1-19-5-2-6-20-8-12(15)14-9-3-4-10(13)11(7-9)21(16,17)18/h3-4,7H,2,5-6,8,13H2,1H3,(H,14,15)(H,16,17,18). The molecular formula is C12H18N2O5S2. The van der Waals surface area contributed by atoms with Crippen LogP contribution in [0.5, 0.6) is 0 Å². The van der Waals surface area contributed by atoms with Gasteiger partial charge in [0.05, 0.1) is 11.4 Å². The van der Waals surface area contributed by atoms with E-state index in [0.717, 1.165) is 18.2 Å². The van der Waals surface area contributed by atoms with Gasteiger partial charge in [-0.1, -0.05) is 0 Å². The van der Waals surface area contributed by atoms with Gasteiger partial charge in [0.1, 0.15) is 4.90 Å². The number of hydrogen-bond acceptors (Lipinski definition) is 6. The average Bonchev–Trinajstić information content (AvgIpc) is 2.39. The third kappa shape index (κ3) is 6.34. The molecule has 0 heterocycles. The molecule has 118 valence electrons. The van der Waals surface area contributed by atoms with Crippen molar-refractivity contribution in [3.8, 4) is 0 Å². The van der Waals surface area contributed by atoms with Crippen LogP contribution in [0, 0.1) is 0 Å². The van der Waals surface area contributed by atoms with Gasteiger partial charge < -0.3 is 15.8 Å². The molecule has 1 aromatic carbocycles. The zero-order chi connectivity index (χ0) is 15.9. The molecule has 1 rings (SSSR count). The van der Waals surface area contributed by atoms with Gasteiger partial charge in [-0.15, -0.1) is 0 Å². The lowest BCUT2D eigenvalue weighted by atomic mass is 10.3. The summed E-state index contributed by atoms with van der Waals surface area (Å²) < 4.78 is 36.1. The van der Waals surface area contributed by atoms with E-state index in [1.807, 2.05) is 0 Å². The fourth-order valence-corrected chi connectivity index (χ4v) is 2.87. The number of nitrogens with one attached hydrogen (secondary N) is 1. The highest BCUT2D eigenvalue weighted by molar-refractivity contribution is 7.99. The Bertz CT molecular complexity index is 589. The van der Waals surface area contributed by atoms with E-state index in [4.69, 9.17) is 15.0 Å². The summed E-state index contributed by atoms with van der Waals surface area (Å²) in [6.07, 6.45) is 0.850. The molecule has 0 aliphatic carbocycles. The van der Waals surface area contributed by atoms with Crippen LogP contribution in [-0.4, -0.2) is 44.1 Å². The molecule has 21 heavy (non-hydrogen) atoms. The smallest absolute Gasteiger partial charge is 0.296 e. The summed E-state index contributed by atoms with van der Waals surface area (Å²) in [7, 11) is -2.80. The first-order chi connectivity index (χ1) is 9.84. The molecular weight excluding hydrogens is 316 g/mol. The van der Waals surface area contributed by atoms with Crippen molar-refractivity contribution in [1.82, 2.24) is 0 Å². The summed E-state index contributed by atoms with van der Waals surface area (Å²) >= 11 is 1.45. The monoisotopic (exact) mass is 334 g/mol. The molecule has 0 unspecified atom stereocenters. The number of nitrogens with two attached hydrogens (primary N) is 1. The average molecular weight is 334 g/mol. The van der Waals surface area contributed by atoms with Crippen LogP contribution in [0.2, 0.25) is 0 Å². The summed E-state index contributed by atoms with van der Waals surface area (Å²) in [5.41, 5.74) is 5.65. The second-order valence-electron chi connectivity index (χ2n) is 4.17. The lowest BCUT2D eigenvalue weighted by Gasteiger charge is -2.08. The second-order valence-corrected chi connectivity index (χ2v) is 6.67. The molecule has 0 radical (unpaired) electrons. The quantitative estimate of drug-likeness (QED) is 0.371. The number of amides is 1. The predicted octanol–water partition coefficient (Wildman–Crippen LogP) is 1.22. The van der Waals surface area contributed by atoms with Crippen LogP contribution < -0.4 is 11.1 Å². The number of nitrogen functional groups attached to an aromatic ring is 1. The summed E-state index contributed by atoms with van der Waals surface area (Å²) in [4.78, 5) is 11.3. The summed E-state index contributed by atoms with van der Waals surface area (Å²) in [6.45, 7) is 0.643. The van der Waals surface area contributed by atoms with Crippen molar-refractivity contribution in [2.75, 3.05) is 36.3 Å². The van der Waals surface area contributed by atoms with Crippen molar-refractivity contribution in [2.45, 2.75) is 11.3 Å². The maximum atomic E-state index is 11.7. The highest BCUT2D eigenvalue weighted by atomic mass is 32.2. The zero-order valence-electron chi connectivity index (χ0n) is 11.5. The first-order valence-electron chi connectivity index (χ1n) is 6.08. The number of benzene rings is 1. The number of methoxy groups -OCH3 is 1. The fourth-order valence-electron chi connectivity index (χ4n) is 1.50. The highest BCUT2D eigenvalue weighted by Gasteiger charge is 2.15. The van der Waals surface area contributed by atoms with E-state index < -0.39 is 15.0 Å². The van der Waals surface area contributed by atoms with Gasteiger partial charge in [-0.25, -0.2) is 0 Å². The molecule has 0 fully saturated rings. The minimum atomic E-state index is -4.41. The van der Waals surface area contributed by atoms with Crippen LogP contribution in [0.15, 0.2) is 23.1 Å². The third-order valence-corrected chi connectivity index (χ3v) is 4.40. The first kappa shape index (κ1) is 17.8. The van der Waals surface area contributed by atoms with Crippen molar-refractivity contribution in [3.05, 3.63) is 18.2 Å². The Hall–Kier alpha value is -1.29. The number of rotatable bonds is 8. The Labute approximate surface area is 128 Å². The molecule has 4 N–H and O–H groups in total. The van der Waals surface area contributed by atoms with Gasteiger partial charge >= 0.3 is 0 Å². The Kier molecular flexibility index (Phi) is 6.96. The Morgan fingerprint density at radius 2 is 2.19 bits per heavy atom. The number of anilines is 2. The van der Waals surface area contributed by atoms with Crippen LogP contribution in [0.4, 0.5) is 11.4 Å². The number of hydrogen-bond donors (Lipinski definition) is 3. The zero-order valence-corrected chi connectivity index (χ0v) is 13.2. The molecule has 0 aromatic heterocycles. The SMILES string of the molecule is COCCCSCC(=O)Nc1ccc(N)c(S(=O)(=O)O)c1. The summed E-state index contributed by atoms with van der Waals surface area (Å²) in [6, 6.07) is 3.90. The van der Waals surface area contributed by atoms with E-state index >= 15 is 0 Å². The fraction of sp³-hybridized carbons (Fsp3) is 0.417. The molecule has 1 aromatic rings. The molecule has 0 spiro atoms. The molecule has 9 heteroatoms. The molecule has 7 nitrogen and oxygen atoms in total. The highest BCUT2D eigenvalue weighted by Crippen LogP contribution is 2.22. The van der Waals surface area contributed by atoms with Gasteiger partial charge in [-0.3, -0.25) is 9.35 Å². The lowest BCUT2D eigenvalue weighted by Crippen LogP contribution is -2.15. The largest absolute Gasteiger partial charge is 0.398 e. The molecule has 1 amide bonds. The number of thioether (sulfide) groups is 1. The van der Waals surface area contributed by atoms with Gasteiger partial charge in [0.25, 0.3) is 10.1 Å². The van der Waals surface area contributed by atoms with E-state index in [-0.39, 0.29) is 23.0 Å². The Balaban J connectivity index is 2.57. The van der Waals surface area contributed by atoms with E-state index in [9.17, 15) is 13.2 Å². The number of ether oxygens (including phenoxy) is 1. The molecule has 0 bridgehead atoms. The minimum Gasteiger partial charge on any atom is -0.398 e. The topological polar surface area (TPSA) is 119 Å². The van der Waals surface area contributed by atoms with Gasteiger partial charge in [0.2, 0.25) is 5.91 Å².